The van der Waals surface area contributed by atoms with Crippen molar-refractivity contribution in [1.82, 2.24) is 14.6 Å². The summed E-state index contributed by atoms with van der Waals surface area (Å²) in [5.74, 6) is 0.152. The standard InChI is InChI=1S/C18H16BrN3O2/c1-24-10-15-17(11-5-7-12(19)8-6-11)18-20-14-3-2-4-16(23)13(14)9-22(18)21-15/h5-9H,2-4,10H2,1H3. The van der Waals surface area contributed by atoms with Crippen LogP contribution in [-0.2, 0) is 17.8 Å². The average Bonchev–Trinajstić information content (AvgIpc) is 2.92. The zero-order valence-corrected chi connectivity index (χ0v) is 14.8. The minimum absolute atomic E-state index is 0.152. The number of aryl methyl sites for hydroxylation is 1. The number of hydrogen-bond acceptors (Lipinski definition) is 4. The molecule has 0 saturated carbocycles. The van der Waals surface area contributed by atoms with E-state index in [1.807, 2.05) is 30.5 Å². The summed E-state index contributed by atoms with van der Waals surface area (Å²) in [6.45, 7) is 0.396. The van der Waals surface area contributed by atoms with Gasteiger partial charge in [0.15, 0.2) is 11.4 Å². The Morgan fingerprint density at radius 3 is 2.79 bits per heavy atom. The van der Waals surface area contributed by atoms with Crippen LogP contribution in [0.4, 0.5) is 0 Å². The zero-order chi connectivity index (χ0) is 16.7. The monoisotopic (exact) mass is 385 g/mol. The molecule has 0 saturated heterocycles. The van der Waals surface area contributed by atoms with E-state index in [-0.39, 0.29) is 5.78 Å². The molecule has 6 heteroatoms. The van der Waals surface area contributed by atoms with Crippen molar-refractivity contribution >= 4 is 27.4 Å². The number of benzene rings is 1. The number of Topliss-reactive ketones (excluding diaryl/α,β-unsaturated/α-hetero) is 1. The first-order valence-corrected chi connectivity index (χ1v) is 8.66. The molecule has 1 aromatic carbocycles. The summed E-state index contributed by atoms with van der Waals surface area (Å²) in [4.78, 5) is 16.9. The Morgan fingerprint density at radius 2 is 2.04 bits per heavy atom. The van der Waals surface area contributed by atoms with Crippen LogP contribution in [0.25, 0.3) is 16.8 Å². The maximum Gasteiger partial charge on any atom is 0.166 e. The fourth-order valence-corrected chi connectivity index (χ4v) is 3.44. The van der Waals surface area contributed by atoms with Gasteiger partial charge in [0.1, 0.15) is 0 Å². The summed E-state index contributed by atoms with van der Waals surface area (Å²) in [5.41, 5.74) is 5.17. The first-order valence-electron chi connectivity index (χ1n) is 7.86. The number of carbonyl (C=O) groups excluding carboxylic acids is 1. The maximum absolute atomic E-state index is 12.1. The molecule has 5 nitrogen and oxygen atoms in total. The van der Waals surface area contributed by atoms with E-state index in [9.17, 15) is 4.79 Å². The number of rotatable bonds is 3. The van der Waals surface area contributed by atoms with Gasteiger partial charge in [0.05, 0.1) is 29.1 Å². The Kier molecular flexibility index (Phi) is 3.94. The Hall–Kier alpha value is -2.05. The lowest BCUT2D eigenvalue weighted by Crippen LogP contribution is -2.14. The number of nitrogens with zero attached hydrogens (tertiary/aromatic N) is 3. The second-order valence-electron chi connectivity index (χ2n) is 5.91. The quantitative estimate of drug-likeness (QED) is 0.687. The van der Waals surface area contributed by atoms with Gasteiger partial charge in [-0.3, -0.25) is 4.79 Å². The molecule has 0 fully saturated rings. The molecule has 0 radical (unpaired) electrons. The molecule has 0 atom stereocenters. The van der Waals surface area contributed by atoms with E-state index in [4.69, 9.17) is 9.72 Å². The number of ketones is 1. The van der Waals surface area contributed by atoms with Crippen LogP contribution in [0.15, 0.2) is 34.9 Å². The summed E-state index contributed by atoms with van der Waals surface area (Å²) in [7, 11) is 1.65. The second-order valence-corrected chi connectivity index (χ2v) is 6.82. The highest BCUT2D eigenvalue weighted by Gasteiger charge is 2.23. The summed E-state index contributed by atoms with van der Waals surface area (Å²) >= 11 is 3.46. The smallest absolute Gasteiger partial charge is 0.166 e. The Bertz CT molecular complexity index is 932. The molecule has 0 N–H and O–H groups in total. The molecule has 2 aromatic heterocycles. The number of hydrogen-bond donors (Lipinski definition) is 0. The van der Waals surface area contributed by atoms with Crippen molar-refractivity contribution in [3.63, 3.8) is 0 Å². The zero-order valence-electron chi connectivity index (χ0n) is 13.3. The van der Waals surface area contributed by atoms with Crippen molar-refractivity contribution in [2.24, 2.45) is 0 Å². The van der Waals surface area contributed by atoms with Gasteiger partial charge >= 0.3 is 0 Å². The third-order valence-electron chi connectivity index (χ3n) is 4.29. The fourth-order valence-electron chi connectivity index (χ4n) is 3.18. The number of methoxy groups -OCH3 is 1. The van der Waals surface area contributed by atoms with Crippen molar-refractivity contribution in [1.29, 1.82) is 0 Å². The van der Waals surface area contributed by atoms with Gasteiger partial charge in [-0.05, 0) is 30.5 Å². The summed E-state index contributed by atoms with van der Waals surface area (Å²) in [6, 6.07) is 8.06. The Labute approximate surface area is 147 Å². The third kappa shape index (κ3) is 2.56. The van der Waals surface area contributed by atoms with Crippen molar-refractivity contribution in [2.45, 2.75) is 25.9 Å². The summed E-state index contributed by atoms with van der Waals surface area (Å²) in [6.07, 6.45) is 4.11. The van der Waals surface area contributed by atoms with E-state index in [0.717, 1.165) is 45.5 Å². The first kappa shape index (κ1) is 15.5. The number of fused-ring (bicyclic) bond motifs is 2. The molecule has 122 valence electrons. The largest absolute Gasteiger partial charge is 0.378 e. The van der Waals surface area contributed by atoms with E-state index in [2.05, 4.69) is 21.0 Å². The van der Waals surface area contributed by atoms with Gasteiger partial charge in [-0.25, -0.2) is 9.50 Å². The van der Waals surface area contributed by atoms with E-state index < -0.39 is 0 Å². The lowest BCUT2D eigenvalue weighted by atomic mass is 9.96. The fraction of sp³-hybridized carbons (Fsp3) is 0.278. The molecular weight excluding hydrogens is 370 g/mol. The number of carbonyl (C=O) groups is 1. The molecule has 0 amide bonds. The van der Waals surface area contributed by atoms with E-state index in [1.165, 1.54) is 0 Å². The van der Waals surface area contributed by atoms with E-state index in [0.29, 0.717) is 18.6 Å². The van der Waals surface area contributed by atoms with Gasteiger partial charge < -0.3 is 4.74 Å². The first-order chi connectivity index (χ1) is 11.7. The average molecular weight is 386 g/mol. The molecule has 0 aliphatic heterocycles. The summed E-state index contributed by atoms with van der Waals surface area (Å²) in [5, 5.41) is 4.61. The molecule has 3 aromatic rings. The molecule has 1 aliphatic carbocycles. The van der Waals surface area contributed by atoms with Gasteiger partial charge in [-0.1, -0.05) is 28.1 Å². The van der Waals surface area contributed by atoms with Crippen LogP contribution >= 0.6 is 15.9 Å². The number of aromatic nitrogens is 3. The summed E-state index contributed by atoms with van der Waals surface area (Å²) < 4.78 is 8.05. The highest BCUT2D eigenvalue weighted by molar-refractivity contribution is 9.10. The molecular formula is C18H16BrN3O2. The molecule has 0 bridgehead atoms. The van der Waals surface area contributed by atoms with Crippen LogP contribution in [0.1, 0.15) is 34.6 Å². The van der Waals surface area contributed by atoms with Crippen LogP contribution in [0.2, 0.25) is 0 Å². The van der Waals surface area contributed by atoms with E-state index in [1.54, 1.807) is 11.6 Å². The maximum atomic E-state index is 12.1. The molecule has 2 heterocycles. The minimum Gasteiger partial charge on any atom is -0.378 e. The molecule has 0 spiro atoms. The van der Waals surface area contributed by atoms with Crippen LogP contribution in [0, 0.1) is 0 Å². The van der Waals surface area contributed by atoms with Gasteiger partial charge in [0.2, 0.25) is 0 Å². The predicted octanol–water partition coefficient (Wildman–Crippen LogP) is 3.82. The van der Waals surface area contributed by atoms with Crippen LogP contribution in [0.5, 0.6) is 0 Å². The van der Waals surface area contributed by atoms with Gasteiger partial charge in [0, 0.05) is 24.2 Å². The normalized spacial score (nSPS) is 14.2. The van der Waals surface area contributed by atoms with Crippen LogP contribution in [0.3, 0.4) is 0 Å². The van der Waals surface area contributed by atoms with Crippen LogP contribution in [-0.4, -0.2) is 27.5 Å². The van der Waals surface area contributed by atoms with Gasteiger partial charge in [-0.2, -0.15) is 5.10 Å². The SMILES string of the molecule is COCc1nn2cc3c(nc2c1-c1ccc(Br)cc1)CCCC3=O. The van der Waals surface area contributed by atoms with Crippen LogP contribution < -0.4 is 0 Å². The Balaban J connectivity index is 1.97. The number of ether oxygens (including phenoxy) is 1. The van der Waals surface area contributed by atoms with Gasteiger partial charge in [-0.15, -0.1) is 0 Å². The Morgan fingerprint density at radius 1 is 1.25 bits per heavy atom. The van der Waals surface area contributed by atoms with E-state index >= 15 is 0 Å². The predicted molar refractivity (Wildman–Crippen MR) is 94.1 cm³/mol. The number of halogens is 1. The van der Waals surface area contributed by atoms with Crippen molar-refractivity contribution in [2.75, 3.05) is 7.11 Å². The second kappa shape index (κ2) is 6.11. The minimum atomic E-state index is 0.152. The van der Waals surface area contributed by atoms with Crippen molar-refractivity contribution in [3.8, 4) is 11.1 Å². The topological polar surface area (TPSA) is 56.5 Å². The molecule has 1 aliphatic rings. The highest BCUT2D eigenvalue weighted by atomic mass is 79.9. The lowest BCUT2D eigenvalue weighted by Gasteiger charge is -2.13. The van der Waals surface area contributed by atoms with Crippen molar-refractivity contribution < 1.29 is 9.53 Å². The highest BCUT2D eigenvalue weighted by Crippen LogP contribution is 2.31. The van der Waals surface area contributed by atoms with Crippen molar-refractivity contribution in [3.05, 3.63) is 51.9 Å². The molecule has 0 unspecified atom stereocenters. The third-order valence-corrected chi connectivity index (χ3v) is 4.82. The lowest BCUT2D eigenvalue weighted by molar-refractivity contribution is 0.0971. The van der Waals surface area contributed by atoms with Gasteiger partial charge in [0.25, 0.3) is 0 Å². The molecule has 4 rings (SSSR count). The molecule has 24 heavy (non-hydrogen) atoms.